The van der Waals surface area contributed by atoms with Gasteiger partial charge >= 0.3 is 0 Å². The first-order valence-electron chi connectivity index (χ1n) is 9.28. The molecule has 1 heterocycles. The van der Waals surface area contributed by atoms with E-state index in [0.717, 1.165) is 28.2 Å². The Hall–Kier alpha value is -2.55. The fourth-order valence-corrected chi connectivity index (χ4v) is 3.78. The highest BCUT2D eigenvalue weighted by Crippen LogP contribution is 2.26. The van der Waals surface area contributed by atoms with Crippen molar-refractivity contribution >= 4 is 23.4 Å². The van der Waals surface area contributed by atoms with Crippen molar-refractivity contribution in [3.63, 3.8) is 0 Å². The summed E-state index contributed by atoms with van der Waals surface area (Å²) < 4.78 is 5.38. The summed E-state index contributed by atoms with van der Waals surface area (Å²) in [7, 11) is 0. The Morgan fingerprint density at radius 1 is 1.21 bits per heavy atom. The first-order valence-corrected chi connectivity index (χ1v) is 10.6. The minimum Gasteiger partial charge on any atom is -0.491 e. The molecular formula is C21H24N2O5S. The maximum Gasteiger partial charge on any atom is 0.256 e. The van der Waals surface area contributed by atoms with Gasteiger partial charge in [0.2, 0.25) is 0 Å². The van der Waals surface area contributed by atoms with Gasteiger partial charge in [-0.25, -0.2) is 5.48 Å². The van der Waals surface area contributed by atoms with Gasteiger partial charge in [0.05, 0.1) is 17.6 Å². The van der Waals surface area contributed by atoms with Crippen LogP contribution in [-0.2, 0) is 9.63 Å². The van der Waals surface area contributed by atoms with E-state index in [-0.39, 0.29) is 24.6 Å². The lowest BCUT2D eigenvalue weighted by atomic mass is 9.99. The van der Waals surface area contributed by atoms with Crippen LogP contribution < -0.4 is 10.2 Å². The number of hydrogen-bond donors (Lipinski definition) is 3. The van der Waals surface area contributed by atoms with Gasteiger partial charge in [-0.2, -0.15) is 11.8 Å². The Morgan fingerprint density at radius 3 is 2.41 bits per heavy atom. The molecule has 0 aromatic heterocycles. The van der Waals surface area contributed by atoms with E-state index >= 15 is 0 Å². The second-order valence-corrected chi connectivity index (χ2v) is 7.62. The van der Waals surface area contributed by atoms with E-state index in [0.29, 0.717) is 12.8 Å². The third-order valence-electron chi connectivity index (χ3n) is 4.66. The normalized spacial score (nSPS) is 16.7. The molecule has 2 aromatic rings. The summed E-state index contributed by atoms with van der Waals surface area (Å²) in [6, 6.07) is 15.8. The summed E-state index contributed by atoms with van der Waals surface area (Å²) in [6.45, 7) is 0.270. The van der Waals surface area contributed by atoms with Gasteiger partial charge in [-0.1, -0.05) is 41.6 Å². The number of hydrogen-bond acceptors (Lipinski definition) is 7. The Balaban J connectivity index is 1.60. The molecule has 0 radical (unpaired) electrons. The number of oxime groups is 1. The Bertz CT molecular complexity index is 839. The number of benzene rings is 2. The Kier molecular flexibility index (Phi) is 7.51. The minimum atomic E-state index is -0.424. The standard InChI is InChI=1S/C21H24N2O5S/c1-29-20(21(25)22-26)13-18-12-19(23-28-18)16-4-2-14(3-5-16)15-6-8-17(9-7-15)27-11-10-24/h2-9,18,20,24,26H,10-13H2,1H3,(H,22,25). The summed E-state index contributed by atoms with van der Waals surface area (Å²) in [5.41, 5.74) is 5.65. The number of nitrogens with zero attached hydrogens (tertiary/aromatic N) is 1. The molecular weight excluding hydrogens is 392 g/mol. The van der Waals surface area contributed by atoms with Crippen molar-refractivity contribution < 1.29 is 24.7 Å². The summed E-state index contributed by atoms with van der Waals surface area (Å²) in [6.07, 6.45) is 2.72. The number of amides is 1. The zero-order valence-corrected chi connectivity index (χ0v) is 16.9. The lowest BCUT2D eigenvalue weighted by molar-refractivity contribution is -0.129. The van der Waals surface area contributed by atoms with E-state index in [9.17, 15) is 4.79 Å². The van der Waals surface area contributed by atoms with Crippen LogP contribution in [0.1, 0.15) is 18.4 Å². The van der Waals surface area contributed by atoms with E-state index in [1.54, 1.807) is 5.48 Å². The number of carbonyl (C=O) groups is 1. The van der Waals surface area contributed by atoms with Crippen LogP contribution >= 0.6 is 11.8 Å². The first-order chi connectivity index (χ1) is 14.1. The fraction of sp³-hybridized carbons (Fsp3) is 0.333. The minimum absolute atomic E-state index is 0.00968. The lowest BCUT2D eigenvalue weighted by Gasteiger charge is -2.15. The van der Waals surface area contributed by atoms with Crippen molar-refractivity contribution in [1.82, 2.24) is 5.48 Å². The highest BCUT2D eigenvalue weighted by molar-refractivity contribution is 7.99. The van der Waals surface area contributed by atoms with Crippen LogP contribution in [0.3, 0.4) is 0 Å². The zero-order valence-electron chi connectivity index (χ0n) is 16.1. The molecule has 0 saturated heterocycles. The zero-order chi connectivity index (χ0) is 20.6. The van der Waals surface area contributed by atoms with Crippen LogP contribution in [0.4, 0.5) is 0 Å². The van der Waals surface area contributed by atoms with Gasteiger partial charge in [0.15, 0.2) is 0 Å². The van der Waals surface area contributed by atoms with E-state index in [4.69, 9.17) is 19.9 Å². The van der Waals surface area contributed by atoms with Gasteiger partial charge in [0, 0.05) is 12.8 Å². The topological polar surface area (TPSA) is 100 Å². The molecule has 2 aromatic carbocycles. The van der Waals surface area contributed by atoms with Gasteiger partial charge in [0.1, 0.15) is 18.5 Å². The van der Waals surface area contributed by atoms with Crippen molar-refractivity contribution in [2.45, 2.75) is 24.2 Å². The molecule has 1 amide bonds. The van der Waals surface area contributed by atoms with Gasteiger partial charge in [-0.15, -0.1) is 0 Å². The molecule has 2 atom stereocenters. The molecule has 8 heteroatoms. The lowest BCUT2D eigenvalue weighted by Crippen LogP contribution is -2.32. The molecule has 3 rings (SSSR count). The number of carbonyl (C=O) groups excluding carboxylic acids is 1. The summed E-state index contributed by atoms with van der Waals surface area (Å²) in [5.74, 6) is 0.299. The molecule has 2 unspecified atom stereocenters. The number of aliphatic hydroxyl groups excluding tert-OH is 1. The number of aliphatic hydroxyl groups is 1. The van der Waals surface area contributed by atoms with Crippen LogP contribution in [0.2, 0.25) is 0 Å². The molecule has 3 N–H and O–H groups in total. The van der Waals surface area contributed by atoms with Gasteiger partial charge in [0.25, 0.3) is 5.91 Å². The van der Waals surface area contributed by atoms with Crippen molar-refractivity contribution in [2.24, 2.45) is 5.16 Å². The maximum absolute atomic E-state index is 11.6. The predicted octanol–water partition coefficient (Wildman–Crippen LogP) is 2.84. The highest BCUT2D eigenvalue weighted by Gasteiger charge is 2.28. The number of thioether (sulfide) groups is 1. The molecule has 154 valence electrons. The molecule has 7 nitrogen and oxygen atoms in total. The highest BCUT2D eigenvalue weighted by atomic mass is 32.2. The SMILES string of the molecule is CSC(CC1CC(c2ccc(-c3ccc(OCCO)cc3)cc2)=NO1)C(=O)NO. The quantitative estimate of drug-likeness (QED) is 0.429. The van der Waals surface area contributed by atoms with Crippen LogP contribution in [0.25, 0.3) is 11.1 Å². The monoisotopic (exact) mass is 416 g/mol. The molecule has 0 spiro atoms. The number of nitrogens with one attached hydrogen (secondary N) is 1. The van der Waals surface area contributed by atoms with E-state index in [2.05, 4.69) is 5.16 Å². The van der Waals surface area contributed by atoms with Gasteiger partial charge in [-0.3, -0.25) is 10.0 Å². The molecule has 0 saturated carbocycles. The summed E-state index contributed by atoms with van der Waals surface area (Å²) in [5, 5.41) is 21.4. The van der Waals surface area contributed by atoms with E-state index in [1.807, 2.05) is 54.8 Å². The van der Waals surface area contributed by atoms with Crippen LogP contribution in [-0.4, -0.2) is 52.8 Å². The molecule has 29 heavy (non-hydrogen) atoms. The number of rotatable bonds is 9. The van der Waals surface area contributed by atoms with Crippen molar-refractivity contribution in [1.29, 1.82) is 0 Å². The molecule has 0 aliphatic carbocycles. The fourth-order valence-electron chi connectivity index (χ4n) is 3.11. The van der Waals surface area contributed by atoms with Crippen molar-refractivity contribution in [2.75, 3.05) is 19.5 Å². The molecule has 0 fully saturated rings. The summed E-state index contributed by atoms with van der Waals surface area (Å²) in [4.78, 5) is 17.1. The van der Waals surface area contributed by atoms with Crippen LogP contribution in [0.15, 0.2) is 53.7 Å². The third kappa shape index (κ3) is 5.50. The average molecular weight is 416 g/mol. The molecule has 1 aliphatic rings. The van der Waals surface area contributed by atoms with Crippen LogP contribution in [0.5, 0.6) is 5.75 Å². The predicted molar refractivity (Wildman–Crippen MR) is 112 cm³/mol. The van der Waals surface area contributed by atoms with E-state index in [1.165, 1.54) is 11.8 Å². The van der Waals surface area contributed by atoms with E-state index < -0.39 is 5.91 Å². The third-order valence-corrected chi connectivity index (χ3v) is 5.64. The van der Waals surface area contributed by atoms with Crippen LogP contribution in [0, 0.1) is 0 Å². The largest absolute Gasteiger partial charge is 0.491 e. The molecule has 0 bridgehead atoms. The summed E-state index contributed by atoms with van der Waals surface area (Å²) >= 11 is 1.37. The van der Waals surface area contributed by atoms with Gasteiger partial charge in [-0.05, 0) is 35.1 Å². The Morgan fingerprint density at radius 2 is 1.83 bits per heavy atom. The number of hydroxylamine groups is 1. The first kappa shape index (κ1) is 21.2. The smallest absolute Gasteiger partial charge is 0.256 e. The second kappa shape index (κ2) is 10.3. The Labute approximate surface area is 173 Å². The van der Waals surface area contributed by atoms with Gasteiger partial charge < -0.3 is 14.7 Å². The van der Waals surface area contributed by atoms with Crippen molar-refractivity contribution in [3.8, 4) is 16.9 Å². The maximum atomic E-state index is 11.6. The average Bonchev–Trinajstić information content (AvgIpc) is 3.24. The van der Waals surface area contributed by atoms with Crippen molar-refractivity contribution in [3.05, 3.63) is 54.1 Å². The molecule has 1 aliphatic heterocycles. The number of ether oxygens (including phenoxy) is 1. The second-order valence-electron chi connectivity index (χ2n) is 6.58.